The first kappa shape index (κ1) is 16.8. The number of para-hydroxylation sites is 2. The fourth-order valence-electron chi connectivity index (χ4n) is 2.13. The molecule has 0 fully saturated rings. The highest BCUT2D eigenvalue weighted by molar-refractivity contribution is 5.85. The van der Waals surface area contributed by atoms with Crippen molar-refractivity contribution in [3.8, 4) is 5.75 Å². The highest BCUT2D eigenvalue weighted by Gasteiger charge is 2.42. The van der Waals surface area contributed by atoms with E-state index < -0.39 is 24.1 Å². The monoisotopic (exact) mass is 321 g/mol. The van der Waals surface area contributed by atoms with Crippen LogP contribution in [0.3, 0.4) is 0 Å². The molecule has 23 heavy (non-hydrogen) atoms. The number of benzene rings is 1. The highest BCUT2D eigenvalue weighted by atomic mass is 16.6. The molecule has 0 unspecified atom stereocenters. The number of anilines is 1. The second-order valence-electron chi connectivity index (χ2n) is 4.80. The van der Waals surface area contributed by atoms with E-state index in [2.05, 4.69) is 5.32 Å². The molecule has 2 N–H and O–H groups in total. The standard InChI is InChI=1S/C16H19NO6/c1-3-21-14(18)9-13-16(20,10-15(19)22-4-2)23-12-8-6-5-7-11(12)17-13/h5-9,17,20H,3-4,10H2,1-2H3/b13-9-/t16-/m1/s1. The molecule has 0 spiro atoms. The number of carbonyl (C=O) groups is 2. The molecule has 1 atom stereocenters. The molecule has 0 aliphatic carbocycles. The average molecular weight is 321 g/mol. The molecular formula is C16H19NO6. The zero-order valence-corrected chi connectivity index (χ0v) is 13.0. The van der Waals surface area contributed by atoms with Crippen LogP contribution in [-0.2, 0) is 19.1 Å². The quantitative estimate of drug-likeness (QED) is 0.628. The molecule has 0 aromatic heterocycles. The number of rotatable bonds is 5. The molecule has 1 aliphatic rings. The minimum absolute atomic E-state index is 0.0164. The maximum atomic E-state index is 11.8. The third-order valence-corrected chi connectivity index (χ3v) is 3.09. The van der Waals surface area contributed by atoms with Gasteiger partial charge in [0.1, 0.15) is 12.2 Å². The summed E-state index contributed by atoms with van der Waals surface area (Å²) >= 11 is 0. The smallest absolute Gasteiger partial charge is 0.332 e. The zero-order valence-electron chi connectivity index (χ0n) is 13.0. The SMILES string of the molecule is CCOC(=O)/C=C1\Nc2ccccc2O[C@]1(O)CC(=O)OCC. The third kappa shape index (κ3) is 4.01. The van der Waals surface area contributed by atoms with Crippen LogP contribution in [0.25, 0.3) is 0 Å². The van der Waals surface area contributed by atoms with Gasteiger partial charge < -0.3 is 24.6 Å². The minimum atomic E-state index is -2.03. The van der Waals surface area contributed by atoms with E-state index in [0.29, 0.717) is 11.4 Å². The van der Waals surface area contributed by atoms with Crippen molar-refractivity contribution < 1.29 is 28.9 Å². The molecule has 124 valence electrons. The van der Waals surface area contributed by atoms with Crippen LogP contribution in [0.2, 0.25) is 0 Å². The highest BCUT2D eigenvalue weighted by Crippen LogP contribution is 2.38. The van der Waals surface area contributed by atoms with Gasteiger partial charge in [-0.25, -0.2) is 4.79 Å². The van der Waals surface area contributed by atoms with Gasteiger partial charge >= 0.3 is 11.9 Å². The molecule has 0 saturated heterocycles. The second-order valence-corrected chi connectivity index (χ2v) is 4.80. The van der Waals surface area contributed by atoms with E-state index in [9.17, 15) is 14.7 Å². The first-order chi connectivity index (χ1) is 11.0. The summed E-state index contributed by atoms with van der Waals surface area (Å²) in [6, 6.07) is 6.86. The van der Waals surface area contributed by atoms with Gasteiger partial charge in [0, 0.05) is 6.08 Å². The zero-order chi connectivity index (χ0) is 16.9. The van der Waals surface area contributed by atoms with E-state index in [0.717, 1.165) is 6.08 Å². The van der Waals surface area contributed by atoms with Crippen molar-refractivity contribution in [2.45, 2.75) is 26.1 Å². The van der Waals surface area contributed by atoms with Crippen molar-refractivity contribution >= 4 is 17.6 Å². The van der Waals surface area contributed by atoms with Crippen LogP contribution in [0.15, 0.2) is 36.0 Å². The number of esters is 2. The Morgan fingerprint density at radius 3 is 2.65 bits per heavy atom. The van der Waals surface area contributed by atoms with Crippen molar-refractivity contribution in [2.24, 2.45) is 0 Å². The first-order valence-corrected chi connectivity index (χ1v) is 7.30. The average Bonchev–Trinajstić information content (AvgIpc) is 2.48. The summed E-state index contributed by atoms with van der Waals surface area (Å²) in [6.07, 6.45) is 0.603. The van der Waals surface area contributed by atoms with Gasteiger partial charge in [0.05, 0.1) is 24.6 Å². The van der Waals surface area contributed by atoms with Crippen LogP contribution in [0.5, 0.6) is 5.75 Å². The predicted molar refractivity (Wildman–Crippen MR) is 81.6 cm³/mol. The number of nitrogens with one attached hydrogen (secondary N) is 1. The number of aliphatic hydroxyl groups is 1. The van der Waals surface area contributed by atoms with Gasteiger partial charge in [-0.15, -0.1) is 0 Å². The molecule has 1 aliphatic heterocycles. The Hall–Kier alpha value is -2.54. The predicted octanol–water partition coefficient (Wildman–Crippen LogP) is 1.58. The molecule has 2 rings (SSSR count). The van der Waals surface area contributed by atoms with Crippen molar-refractivity contribution in [3.05, 3.63) is 36.0 Å². The molecule has 0 radical (unpaired) electrons. The van der Waals surface area contributed by atoms with Gasteiger partial charge in [-0.2, -0.15) is 0 Å². The van der Waals surface area contributed by atoms with Crippen LogP contribution < -0.4 is 10.1 Å². The summed E-state index contributed by atoms with van der Waals surface area (Å²) in [5.41, 5.74) is 0.583. The van der Waals surface area contributed by atoms with Crippen molar-refractivity contribution in [1.29, 1.82) is 0 Å². The van der Waals surface area contributed by atoms with Gasteiger partial charge in [-0.1, -0.05) is 12.1 Å². The number of fused-ring (bicyclic) bond motifs is 1. The largest absolute Gasteiger partial charge is 0.466 e. The Bertz CT molecular complexity index is 627. The van der Waals surface area contributed by atoms with E-state index in [1.54, 1.807) is 38.1 Å². The Kier molecular flexibility index (Phi) is 5.23. The van der Waals surface area contributed by atoms with Gasteiger partial charge in [0.15, 0.2) is 0 Å². The van der Waals surface area contributed by atoms with E-state index in [1.165, 1.54) is 0 Å². The number of hydrogen-bond acceptors (Lipinski definition) is 7. The van der Waals surface area contributed by atoms with Crippen LogP contribution in [0.4, 0.5) is 5.69 Å². The fraction of sp³-hybridized carbons (Fsp3) is 0.375. The number of carbonyl (C=O) groups excluding carboxylic acids is 2. The van der Waals surface area contributed by atoms with E-state index in [1.807, 2.05) is 0 Å². The molecular weight excluding hydrogens is 302 g/mol. The molecule has 0 saturated carbocycles. The Labute approximate surface area is 133 Å². The Balaban J connectivity index is 2.34. The maximum absolute atomic E-state index is 11.8. The van der Waals surface area contributed by atoms with E-state index >= 15 is 0 Å². The second kappa shape index (κ2) is 7.15. The summed E-state index contributed by atoms with van der Waals surface area (Å²) < 4.78 is 15.2. The van der Waals surface area contributed by atoms with E-state index in [4.69, 9.17) is 14.2 Å². The molecule has 7 heteroatoms. The van der Waals surface area contributed by atoms with Crippen molar-refractivity contribution in [2.75, 3.05) is 18.5 Å². The van der Waals surface area contributed by atoms with Crippen LogP contribution >= 0.6 is 0 Å². The topological polar surface area (TPSA) is 94.1 Å². The lowest BCUT2D eigenvalue weighted by Gasteiger charge is -2.36. The summed E-state index contributed by atoms with van der Waals surface area (Å²) in [6.45, 7) is 3.69. The Morgan fingerprint density at radius 1 is 1.26 bits per heavy atom. The van der Waals surface area contributed by atoms with Crippen LogP contribution in [-0.4, -0.2) is 36.0 Å². The Morgan fingerprint density at radius 2 is 1.96 bits per heavy atom. The number of ether oxygens (including phenoxy) is 3. The first-order valence-electron chi connectivity index (χ1n) is 7.30. The summed E-state index contributed by atoms with van der Waals surface area (Å²) in [7, 11) is 0. The lowest BCUT2D eigenvalue weighted by atomic mass is 10.1. The molecule has 1 aromatic rings. The third-order valence-electron chi connectivity index (χ3n) is 3.09. The minimum Gasteiger partial charge on any atom is -0.466 e. The van der Waals surface area contributed by atoms with Crippen molar-refractivity contribution in [3.63, 3.8) is 0 Å². The fourth-order valence-corrected chi connectivity index (χ4v) is 2.13. The molecule has 0 amide bonds. The normalized spacial score (nSPS) is 20.9. The molecule has 7 nitrogen and oxygen atoms in total. The molecule has 1 heterocycles. The van der Waals surface area contributed by atoms with Crippen LogP contribution in [0.1, 0.15) is 20.3 Å². The van der Waals surface area contributed by atoms with E-state index in [-0.39, 0.29) is 18.9 Å². The summed E-state index contributed by atoms with van der Waals surface area (Å²) in [4.78, 5) is 23.5. The lowest BCUT2D eigenvalue weighted by Crippen LogP contribution is -2.46. The lowest BCUT2D eigenvalue weighted by molar-refractivity contribution is -0.163. The van der Waals surface area contributed by atoms with Gasteiger partial charge in [-0.3, -0.25) is 4.79 Å². The van der Waals surface area contributed by atoms with Gasteiger partial charge in [0.2, 0.25) is 0 Å². The number of hydrogen-bond donors (Lipinski definition) is 2. The molecule has 1 aromatic carbocycles. The maximum Gasteiger partial charge on any atom is 0.332 e. The van der Waals surface area contributed by atoms with Crippen molar-refractivity contribution in [1.82, 2.24) is 0 Å². The molecule has 0 bridgehead atoms. The summed E-state index contributed by atoms with van der Waals surface area (Å²) in [5, 5.41) is 13.6. The van der Waals surface area contributed by atoms with Crippen LogP contribution in [0, 0.1) is 0 Å². The summed E-state index contributed by atoms with van der Waals surface area (Å²) in [5.74, 6) is -2.97. The van der Waals surface area contributed by atoms with Gasteiger partial charge in [0.25, 0.3) is 5.79 Å². The van der Waals surface area contributed by atoms with Gasteiger partial charge in [-0.05, 0) is 26.0 Å².